The Labute approximate surface area is 127 Å². The van der Waals surface area contributed by atoms with Crippen LogP contribution in [0.15, 0.2) is 54.6 Å². The summed E-state index contributed by atoms with van der Waals surface area (Å²) in [5.41, 5.74) is 3.57. The van der Waals surface area contributed by atoms with Gasteiger partial charge in [0.25, 0.3) is 11.8 Å². The minimum absolute atomic E-state index is 0.154. The maximum Gasteiger partial charge on any atom is 0.273 e. The van der Waals surface area contributed by atoms with Gasteiger partial charge in [0.15, 0.2) is 5.60 Å². The largest absolute Gasteiger partial charge is 0.372 e. The number of hydrogen-bond acceptors (Lipinski definition) is 2. The molecule has 1 amide bonds. The number of benzene rings is 2. The fourth-order valence-corrected chi connectivity index (χ4v) is 2.29. The third-order valence-electron chi connectivity index (χ3n) is 3.72. The van der Waals surface area contributed by atoms with Crippen molar-refractivity contribution >= 4 is 5.91 Å². The van der Waals surface area contributed by atoms with Crippen LogP contribution in [0.5, 0.6) is 0 Å². The van der Waals surface area contributed by atoms with Crippen molar-refractivity contribution in [2.45, 2.75) is 24.9 Å². The summed E-state index contributed by atoms with van der Waals surface area (Å²) in [5.74, 6) is -3.91. The van der Waals surface area contributed by atoms with Gasteiger partial charge in [-0.25, -0.2) is 8.78 Å². The second kappa shape index (κ2) is 5.85. The molecule has 0 bridgehead atoms. The second-order valence-corrected chi connectivity index (χ2v) is 5.08. The van der Waals surface area contributed by atoms with Gasteiger partial charge in [-0.1, -0.05) is 61.5 Å². The van der Waals surface area contributed by atoms with Gasteiger partial charge in [-0.15, -0.1) is 0 Å². The lowest BCUT2D eigenvalue weighted by Gasteiger charge is -2.26. The summed E-state index contributed by atoms with van der Waals surface area (Å²) in [6.07, 6.45) is -0.328. The molecule has 3 N–H and O–H groups in total. The minimum atomic E-state index is -2.95. The molecule has 0 aliphatic rings. The Kier molecular flexibility index (Phi) is 4.28. The van der Waals surface area contributed by atoms with E-state index in [1.807, 2.05) is 0 Å². The van der Waals surface area contributed by atoms with Gasteiger partial charge in [0.1, 0.15) is 0 Å². The van der Waals surface area contributed by atoms with Crippen molar-refractivity contribution in [3.63, 3.8) is 0 Å². The number of carbonyl (C=O) groups excluding carboxylic acids is 1. The lowest BCUT2D eigenvalue weighted by atomic mass is 9.85. The summed E-state index contributed by atoms with van der Waals surface area (Å²) in [7, 11) is 0. The molecular formula is C17H17F2NO2. The van der Waals surface area contributed by atoms with E-state index in [4.69, 9.17) is 5.73 Å². The molecule has 0 aliphatic heterocycles. The van der Waals surface area contributed by atoms with Crippen molar-refractivity contribution in [2.75, 3.05) is 0 Å². The van der Waals surface area contributed by atoms with Crippen LogP contribution in [0.4, 0.5) is 8.78 Å². The quantitative estimate of drug-likeness (QED) is 0.892. The lowest BCUT2D eigenvalue weighted by molar-refractivity contribution is -0.133. The molecule has 2 aromatic rings. The Morgan fingerprint density at radius 2 is 1.45 bits per heavy atom. The monoisotopic (exact) mass is 305 g/mol. The summed E-state index contributed by atoms with van der Waals surface area (Å²) in [5, 5.41) is 10.7. The summed E-state index contributed by atoms with van der Waals surface area (Å²) in [6, 6.07) is 13.2. The van der Waals surface area contributed by atoms with Gasteiger partial charge in [-0.2, -0.15) is 0 Å². The van der Waals surface area contributed by atoms with Crippen LogP contribution in [0.2, 0.25) is 0 Å². The maximum atomic E-state index is 13.6. The average molecular weight is 305 g/mol. The molecule has 0 aromatic heterocycles. The van der Waals surface area contributed by atoms with E-state index in [0.29, 0.717) is 0 Å². The van der Waals surface area contributed by atoms with Gasteiger partial charge in [0.2, 0.25) is 0 Å². The van der Waals surface area contributed by atoms with Gasteiger partial charge < -0.3 is 10.8 Å². The van der Waals surface area contributed by atoms with E-state index >= 15 is 0 Å². The highest BCUT2D eigenvalue weighted by Gasteiger charge is 2.38. The van der Waals surface area contributed by atoms with E-state index in [0.717, 1.165) is 0 Å². The molecule has 0 fully saturated rings. The first-order chi connectivity index (χ1) is 10.3. The third-order valence-corrected chi connectivity index (χ3v) is 3.72. The summed E-state index contributed by atoms with van der Waals surface area (Å²) in [4.78, 5) is 11.8. The molecule has 116 valence electrons. The highest BCUT2D eigenvalue weighted by atomic mass is 19.3. The van der Waals surface area contributed by atoms with Crippen molar-refractivity contribution in [1.29, 1.82) is 0 Å². The number of rotatable bonds is 5. The van der Waals surface area contributed by atoms with Gasteiger partial charge in [-0.3, -0.25) is 4.79 Å². The van der Waals surface area contributed by atoms with Crippen molar-refractivity contribution in [3.8, 4) is 0 Å². The van der Waals surface area contributed by atoms with Gasteiger partial charge in [0, 0.05) is 12.0 Å². The smallest absolute Gasteiger partial charge is 0.273 e. The van der Waals surface area contributed by atoms with Crippen LogP contribution in [-0.2, 0) is 16.3 Å². The Hall–Kier alpha value is -2.27. The number of carbonyl (C=O) groups is 1. The Balaban J connectivity index is 2.50. The van der Waals surface area contributed by atoms with Crippen molar-refractivity contribution in [2.24, 2.45) is 5.73 Å². The van der Waals surface area contributed by atoms with Crippen LogP contribution in [-0.4, -0.2) is 11.0 Å². The summed E-state index contributed by atoms with van der Waals surface area (Å²) >= 11 is 0. The Bertz CT molecular complexity index is 656. The normalized spacial score (nSPS) is 14.4. The fraction of sp³-hybridized carbons (Fsp3) is 0.235. The van der Waals surface area contributed by atoms with Crippen LogP contribution >= 0.6 is 0 Å². The summed E-state index contributed by atoms with van der Waals surface area (Å²) < 4.78 is 27.3. The number of amides is 1. The number of alkyl halides is 2. The van der Waals surface area contributed by atoms with E-state index < -0.39 is 17.4 Å². The first-order valence-electron chi connectivity index (χ1n) is 6.89. The molecule has 0 heterocycles. The predicted octanol–water partition coefficient (Wildman–Crippen LogP) is 2.91. The topological polar surface area (TPSA) is 63.3 Å². The summed E-state index contributed by atoms with van der Waals surface area (Å²) in [6.45, 7) is 1.39. The molecule has 0 saturated carbocycles. The van der Waals surface area contributed by atoms with Crippen molar-refractivity contribution in [1.82, 2.24) is 0 Å². The SMILES string of the molecule is CCC(F)(F)c1ccc(C(O)(C(N)=O)c2ccccc2)cc1. The average Bonchev–Trinajstić information content (AvgIpc) is 2.54. The number of primary amides is 1. The molecule has 2 rings (SSSR count). The maximum absolute atomic E-state index is 13.6. The van der Waals surface area contributed by atoms with Crippen LogP contribution in [0, 0.1) is 0 Å². The van der Waals surface area contributed by atoms with Gasteiger partial charge in [0.05, 0.1) is 0 Å². The van der Waals surface area contributed by atoms with Gasteiger partial charge >= 0.3 is 0 Å². The van der Waals surface area contributed by atoms with E-state index in [9.17, 15) is 18.7 Å². The van der Waals surface area contributed by atoms with E-state index in [2.05, 4.69) is 0 Å². The molecule has 3 nitrogen and oxygen atoms in total. The lowest BCUT2D eigenvalue weighted by Crippen LogP contribution is -2.42. The van der Waals surface area contributed by atoms with E-state index in [1.165, 1.54) is 31.2 Å². The van der Waals surface area contributed by atoms with Gasteiger partial charge in [-0.05, 0) is 11.1 Å². The standard InChI is InChI=1S/C17H17F2NO2/c1-2-16(18,19)12-8-10-14(11-9-12)17(22,15(20)21)13-6-4-3-5-7-13/h3-11,22H,2H2,1H3,(H2,20,21). The zero-order valence-corrected chi connectivity index (χ0v) is 12.1. The van der Waals surface area contributed by atoms with Crippen LogP contribution in [0.3, 0.4) is 0 Å². The Morgan fingerprint density at radius 1 is 1.00 bits per heavy atom. The fourth-order valence-electron chi connectivity index (χ4n) is 2.29. The van der Waals surface area contributed by atoms with Crippen LogP contribution in [0.25, 0.3) is 0 Å². The molecule has 1 unspecified atom stereocenters. The molecule has 0 aliphatic carbocycles. The number of halogens is 2. The van der Waals surface area contributed by atoms with E-state index in [1.54, 1.807) is 30.3 Å². The molecule has 22 heavy (non-hydrogen) atoms. The molecule has 5 heteroatoms. The van der Waals surface area contributed by atoms with E-state index in [-0.39, 0.29) is 23.1 Å². The number of hydrogen-bond donors (Lipinski definition) is 2. The molecule has 0 spiro atoms. The highest BCUT2D eigenvalue weighted by molar-refractivity contribution is 5.88. The van der Waals surface area contributed by atoms with Crippen molar-refractivity contribution in [3.05, 3.63) is 71.3 Å². The molecule has 1 atom stereocenters. The first kappa shape index (κ1) is 16.1. The van der Waals surface area contributed by atoms with Crippen molar-refractivity contribution < 1.29 is 18.7 Å². The molecular weight excluding hydrogens is 288 g/mol. The third kappa shape index (κ3) is 2.72. The molecule has 0 saturated heterocycles. The second-order valence-electron chi connectivity index (χ2n) is 5.08. The first-order valence-corrected chi connectivity index (χ1v) is 6.89. The minimum Gasteiger partial charge on any atom is -0.372 e. The Morgan fingerprint density at radius 3 is 1.91 bits per heavy atom. The molecule has 2 aromatic carbocycles. The predicted molar refractivity (Wildman–Crippen MR) is 79.3 cm³/mol. The van der Waals surface area contributed by atoms with Crippen LogP contribution < -0.4 is 5.73 Å². The zero-order valence-electron chi connectivity index (χ0n) is 12.1. The number of nitrogens with two attached hydrogens (primary N) is 1. The highest BCUT2D eigenvalue weighted by Crippen LogP contribution is 2.34. The number of aliphatic hydroxyl groups is 1. The van der Waals surface area contributed by atoms with Crippen LogP contribution in [0.1, 0.15) is 30.0 Å². The zero-order chi connectivity index (χ0) is 16.4. The molecule has 0 radical (unpaired) electrons.